The highest BCUT2D eigenvalue weighted by atomic mass is 35.5. The molecule has 0 bridgehead atoms. The van der Waals surface area contributed by atoms with Crippen molar-refractivity contribution < 1.29 is 18.7 Å². The molecule has 2 atom stereocenters. The number of benzene rings is 1. The summed E-state index contributed by atoms with van der Waals surface area (Å²) in [6.45, 7) is 1.98. The molecule has 5 heterocycles. The van der Waals surface area contributed by atoms with Crippen molar-refractivity contribution in [3.63, 3.8) is 0 Å². The van der Waals surface area contributed by atoms with Gasteiger partial charge >= 0.3 is 0 Å². The molecule has 4 aromatic rings. The van der Waals surface area contributed by atoms with Gasteiger partial charge in [-0.3, -0.25) is 14.6 Å². The normalized spacial score (nSPS) is 17.3. The number of pyridine rings is 3. The average molecular weight is 694 g/mol. The number of hydrogen-bond acceptors (Lipinski definition) is 9. The van der Waals surface area contributed by atoms with Gasteiger partial charge in [-0.05, 0) is 37.1 Å². The summed E-state index contributed by atoms with van der Waals surface area (Å²) >= 11 is 13.8. The number of carbonyl (C=O) groups excluding carboxylic acids is 2. The molecule has 0 radical (unpaired) electrons. The van der Waals surface area contributed by atoms with Crippen LogP contribution in [0.15, 0.2) is 54.9 Å². The smallest absolute Gasteiger partial charge is 0.220 e. The quantitative estimate of drug-likeness (QED) is 0.129. The van der Waals surface area contributed by atoms with Crippen molar-refractivity contribution in [1.82, 2.24) is 36.2 Å². The Morgan fingerprint density at radius 2 is 1.54 bits per heavy atom. The average Bonchev–Trinajstić information content (AvgIpc) is 3.70. The highest BCUT2D eigenvalue weighted by Gasteiger charge is 2.22. The highest BCUT2D eigenvalue weighted by molar-refractivity contribution is 6.39. The summed E-state index contributed by atoms with van der Waals surface area (Å²) in [6, 6.07) is 12.6. The Labute approximate surface area is 287 Å². The molecule has 2 saturated heterocycles. The second kappa shape index (κ2) is 15.2. The van der Waals surface area contributed by atoms with Crippen molar-refractivity contribution in [1.29, 1.82) is 0 Å². The topological polar surface area (TPSA) is 142 Å². The maximum atomic E-state index is 15.5. The Kier molecular flexibility index (Phi) is 10.7. The van der Waals surface area contributed by atoms with Crippen LogP contribution in [-0.4, -0.2) is 59.0 Å². The van der Waals surface area contributed by atoms with E-state index in [0.29, 0.717) is 77.1 Å². The van der Waals surface area contributed by atoms with Gasteiger partial charge < -0.3 is 31.3 Å². The number of hydrogen-bond donors (Lipinski definition) is 5. The summed E-state index contributed by atoms with van der Waals surface area (Å²) in [5.41, 5.74) is 3.90. The van der Waals surface area contributed by atoms with E-state index < -0.39 is 5.82 Å². The van der Waals surface area contributed by atoms with Gasteiger partial charge in [-0.15, -0.1) is 0 Å². The standard InChI is InChI=1S/C34H35Cl2FN8O3/c1-48-34-20(16-39-18-22-7-10-28(47)43-22)5-8-25(45-34)23-12-14-40-32(30(23)36)24-3-2-4-26(29(24)35)44-33-31(37)19(11-13-41-33)15-38-17-21-6-9-27(46)42-21/h2-5,8,11-14,21-22,38-39H,6-7,9-10,15-18H2,1H3,(H,41,44)(H,42,46)(H,43,47)/t21-,22-/m1/s1. The number of methoxy groups -OCH3 is 1. The Hall–Kier alpha value is -4.36. The minimum Gasteiger partial charge on any atom is -0.481 e. The second-order valence-electron chi connectivity index (χ2n) is 11.7. The molecule has 2 amide bonds. The van der Waals surface area contributed by atoms with E-state index in [1.807, 2.05) is 12.1 Å². The molecule has 0 unspecified atom stereocenters. The van der Waals surface area contributed by atoms with Gasteiger partial charge in [0, 0.05) is 85.8 Å². The predicted octanol–water partition coefficient (Wildman–Crippen LogP) is 5.14. The highest BCUT2D eigenvalue weighted by Crippen LogP contribution is 2.41. The maximum absolute atomic E-state index is 15.5. The van der Waals surface area contributed by atoms with E-state index in [1.54, 1.807) is 43.6 Å². The fraction of sp³-hybridized carbons (Fsp3) is 0.324. The number of nitrogens with zero attached hydrogens (tertiary/aromatic N) is 3. The van der Waals surface area contributed by atoms with E-state index in [4.69, 9.17) is 32.9 Å². The summed E-state index contributed by atoms with van der Waals surface area (Å²) < 4.78 is 21.1. The summed E-state index contributed by atoms with van der Waals surface area (Å²) in [4.78, 5) is 36.4. The van der Waals surface area contributed by atoms with Crippen LogP contribution in [0, 0.1) is 5.82 Å². The zero-order valence-corrected chi connectivity index (χ0v) is 27.7. The molecule has 2 fully saturated rings. The number of rotatable bonds is 13. The van der Waals surface area contributed by atoms with Crippen LogP contribution in [-0.2, 0) is 22.7 Å². The molecule has 250 valence electrons. The predicted molar refractivity (Wildman–Crippen MR) is 183 cm³/mol. The first-order chi connectivity index (χ1) is 23.3. The molecule has 6 rings (SSSR count). The van der Waals surface area contributed by atoms with Crippen LogP contribution >= 0.6 is 23.2 Å². The molecule has 11 nitrogen and oxygen atoms in total. The van der Waals surface area contributed by atoms with Gasteiger partial charge in [-0.2, -0.15) is 0 Å². The first kappa shape index (κ1) is 33.5. The lowest BCUT2D eigenvalue weighted by atomic mass is 10.1. The van der Waals surface area contributed by atoms with Crippen molar-refractivity contribution in [2.24, 2.45) is 0 Å². The molecule has 14 heteroatoms. The number of anilines is 2. The van der Waals surface area contributed by atoms with Crippen molar-refractivity contribution in [3.05, 3.63) is 81.8 Å². The summed E-state index contributed by atoms with van der Waals surface area (Å²) in [5, 5.41) is 16.1. The van der Waals surface area contributed by atoms with Crippen molar-refractivity contribution in [2.45, 2.75) is 50.9 Å². The van der Waals surface area contributed by atoms with Crippen molar-refractivity contribution in [3.8, 4) is 28.4 Å². The van der Waals surface area contributed by atoms with Gasteiger partial charge in [0.1, 0.15) is 0 Å². The van der Waals surface area contributed by atoms with Crippen LogP contribution in [0.1, 0.15) is 36.8 Å². The molecular formula is C34H35Cl2FN8O3. The molecule has 0 aliphatic carbocycles. The number of ether oxygens (including phenoxy) is 1. The van der Waals surface area contributed by atoms with Crippen LogP contribution in [0.4, 0.5) is 15.9 Å². The fourth-order valence-corrected chi connectivity index (χ4v) is 6.40. The zero-order chi connectivity index (χ0) is 33.6. The monoisotopic (exact) mass is 692 g/mol. The van der Waals surface area contributed by atoms with Crippen LogP contribution in [0.5, 0.6) is 5.88 Å². The first-order valence-corrected chi connectivity index (χ1v) is 16.4. The zero-order valence-electron chi connectivity index (χ0n) is 26.2. The Morgan fingerprint density at radius 3 is 2.21 bits per heavy atom. The molecule has 0 saturated carbocycles. The van der Waals surface area contributed by atoms with Crippen LogP contribution in [0.25, 0.3) is 22.5 Å². The maximum Gasteiger partial charge on any atom is 0.220 e. The minimum absolute atomic E-state index is 0.0224. The van der Waals surface area contributed by atoms with Gasteiger partial charge in [0.05, 0.1) is 34.2 Å². The lowest BCUT2D eigenvalue weighted by molar-refractivity contribution is -0.120. The van der Waals surface area contributed by atoms with Crippen LogP contribution in [0.2, 0.25) is 10.0 Å². The Morgan fingerprint density at radius 1 is 0.854 bits per heavy atom. The van der Waals surface area contributed by atoms with Crippen molar-refractivity contribution in [2.75, 3.05) is 25.5 Å². The SMILES string of the molecule is COc1nc(-c2ccnc(-c3cccc(Nc4nccc(CNC[C@H]5CCC(=O)N5)c4F)c3Cl)c2Cl)ccc1CNC[C@H]1CCC(=O)N1. The Balaban J connectivity index is 1.17. The van der Waals surface area contributed by atoms with Gasteiger partial charge in [-0.25, -0.2) is 14.4 Å². The van der Waals surface area contributed by atoms with E-state index in [-0.39, 0.29) is 41.3 Å². The van der Waals surface area contributed by atoms with Gasteiger partial charge in [0.15, 0.2) is 11.6 Å². The third-order valence-electron chi connectivity index (χ3n) is 8.36. The van der Waals surface area contributed by atoms with Crippen LogP contribution in [0.3, 0.4) is 0 Å². The Bertz CT molecular complexity index is 1830. The summed E-state index contributed by atoms with van der Waals surface area (Å²) in [6.07, 6.45) is 5.79. The fourth-order valence-electron chi connectivity index (χ4n) is 5.83. The summed E-state index contributed by atoms with van der Waals surface area (Å²) in [7, 11) is 1.56. The number of halogens is 3. The van der Waals surface area contributed by atoms with E-state index in [1.165, 1.54) is 6.20 Å². The molecule has 2 aliphatic heterocycles. The lowest BCUT2D eigenvalue weighted by Crippen LogP contribution is -2.35. The van der Waals surface area contributed by atoms with E-state index in [2.05, 4.69) is 36.6 Å². The van der Waals surface area contributed by atoms with E-state index >= 15 is 4.39 Å². The molecule has 2 aliphatic rings. The molecule has 5 N–H and O–H groups in total. The van der Waals surface area contributed by atoms with Gasteiger partial charge in [-0.1, -0.05) is 41.4 Å². The van der Waals surface area contributed by atoms with Crippen LogP contribution < -0.4 is 31.3 Å². The summed E-state index contributed by atoms with van der Waals surface area (Å²) in [5.74, 6) is 0.0796. The molecule has 1 aromatic carbocycles. The third kappa shape index (κ3) is 7.68. The molecular weight excluding hydrogens is 658 g/mol. The first-order valence-electron chi connectivity index (χ1n) is 15.7. The number of amides is 2. The van der Waals surface area contributed by atoms with Gasteiger partial charge in [0.2, 0.25) is 17.7 Å². The van der Waals surface area contributed by atoms with Gasteiger partial charge in [0.25, 0.3) is 0 Å². The molecule has 3 aromatic heterocycles. The number of carbonyl (C=O) groups is 2. The van der Waals surface area contributed by atoms with E-state index in [0.717, 1.165) is 18.4 Å². The minimum atomic E-state index is -0.510. The molecule has 48 heavy (non-hydrogen) atoms. The van der Waals surface area contributed by atoms with Crippen molar-refractivity contribution >= 4 is 46.5 Å². The third-order valence-corrected chi connectivity index (χ3v) is 9.15. The lowest BCUT2D eigenvalue weighted by Gasteiger charge is -2.16. The number of aromatic nitrogens is 3. The second-order valence-corrected chi connectivity index (χ2v) is 12.4. The largest absolute Gasteiger partial charge is 0.481 e. The van der Waals surface area contributed by atoms with E-state index in [9.17, 15) is 9.59 Å². The number of nitrogens with one attached hydrogen (secondary N) is 5. The molecule has 0 spiro atoms.